The van der Waals surface area contributed by atoms with Gasteiger partial charge in [-0.15, -0.1) is 11.8 Å². The number of hydrogen-bond acceptors (Lipinski definition) is 5. The first-order valence-corrected chi connectivity index (χ1v) is 15.6. The van der Waals surface area contributed by atoms with Crippen molar-refractivity contribution in [3.8, 4) is 0 Å². The van der Waals surface area contributed by atoms with Gasteiger partial charge in [0.1, 0.15) is 6.04 Å². The molecule has 4 rings (SSSR count). The fraction of sp³-hybridized carbons (Fsp3) is 0.533. The maximum atomic E-state index is 13.7. The molecule has 2 heterocycles. The number of carbonyl (C=O) groups excluding carboxylic acids is 2. The first-order chi connectivity index (χ1) is 19.8. The lowest BCUT2D eigenvalue weighted by Crippen LogP contribution is -2.64. The number of hydrogen-bond donors (Lipinski definition) is 4. The fourth-order valence-electron chi connectivity index (χ4n) is 5.77. The molecule has 3 atom stereocenters. The van der Waals surface area contributed by atoms with Crippen molar-refractivity contribution in [3.63, 3.8) is 0 Å². The van der Waals surface area contributed by atoms with Crippen molar-refractivity contribution < 1.29 is 9.59 Å². The highest BCUT2D eigenvalue weighted by atomic mass is 32.2. The molecule has 0 radical (unpaired) electrons. The van der Waals surface area contributed by atoms with E-state index >= 15 is 0 Å². The summed E-state index contributed by atoms with van der Waals surface area (Å²) in [5.74, 6) is 0.283. The minimum atomic E-state index is -0.468. The summed E-state index contributed by atoms with van der Waals surface area (Å²) in [6.07, 6.45) is 7.35. The average molecular weight is 581 g/mol. The van der Waals surface area contributed by atoms with Crippen molar-refractivity contribution in [1.29, 1.82) is 0 Å². The van der Waals surface area contributed by atoms with Crippen LogP contribution in [-0.2, 0) is 16.0 Å². The number of rotatable bonds is 14. The number of carbonyl (C=O) groups is 2. The summed E-state index contributed by atoms with van der Waals surface area (Å²) >= 11 is 1.85. The molecule has 2 aliphatic rings. The van der Waals surface area contributed by atoms with Gasteiger partial charge in [-0.25, -0.2) is 0 Å². The Hall–Kier alpha value is -3.47. The lowest BCUT2D eigenvalue weighted by molar-refractivity contribution is -0.153. The van der Waals surface area contributed by atoms with Crippen LogP contribution in [0.2, 0.25) is 0 Å². The third kappa shape index (κ3) is 8.76. The van der Waals surface area contributed by atoms with Crippen molar-refractivity contribution in [1.82, 2.24) is 9.80 Å². The lowest BCUT2D eigenvalue weighted by atomic mass is 10.0. The summed E-state index contributed by atoms with van der Waals surface area (Å²) in [5.41, 5.74) is 23.0. The second-order valence-corrected chi connectivity index (χ2v) is 12.4. The standard InChI is InChI=1S/C30H44N8O2S/c31-29(32)35-15-5-1-2-11-24-19-26(39)38-25(12-6-16-36-30(33)34)28(40)37(20-27(38)41-24)17-7-8-21-13-14-22-9-3-4-10-23(22)18-21/h3-4,9-10,13-14,18,24-25,27H,1-2,5-8,11-12,15-17,19-20H2,(H4,31,32,35)(H4,33,34,36)/t24-,25-,27-/m0/s1. The van der Waals surface area contributed by atoms with E-state index in [-0.39, 0.29) is 34.4 Å². The van der Waals surface area contributed by atoms with Crippen LogP contribution in [0.15, 0.2) is 52.4 Å². The molecule has 222 valence electrons. The van der Waals surface area contributed by atoms with E-state index < -0.39 is 6.04 Å². The molecular weight excluding hydrogens is 536 g/mol. The van der Waals surface area contributed by atoms with Crippen LogP contribution in [0.4, 0.5) is 0 Å². The largest absolute Gasteiger partial charge is 0.370 e. The molecule has 2 amide bonds. The van der Waals surface area contributed by atoms with E-state index in [1.54, 1.807) is 0 Å². The number of aliphatic imine (C=N–C) groups is 2. The fourth-order valence-corrected chi connectivity index (χ4v) is 7.42. The number of piperazine rings is 1. The molecule has 2 aromatic carbocycles. The molecule has 8 N–H and O–H groups in total. The van der Waals surface area contributed by atoms with E-state index in [2.05, 4.69) is 52.4 Å². The maximum absolute atomic E-state index is 13.7. The van der Waals surface area contributed by atoms with Gasteiger partial charge in [-0.05, 0) is 54.9 Å². The van der Waals surface area contributed by atoms with Crippen LogP contribution < -0.4 is 22.9 Å². The Morgan fingerprint density at radius 2 is 1.59 bits per heavy atom. The molecule has 10 nitrogen and oxygen atoms in total. The molecule has 2 aromatic rings. The van der Waals surface area contributed by atoms with E-state index in [1.807, 2.05) is 21.6 Å². The quantitative estimate of drug-likeness (QED) is 0.151. The van der Waals surface area contributed by atoms with Gasteiger partial charge in [-0.3, -0.25) is 19.6 Å². The highest BCUT2D eigenvalue weighted by Gasteiger charge is 2.46. The second-order valence-electron chi connectivity index (χ2n) is 10.9. The van der Waals surface area contributed by atoms with Crippen LogP contribution in [-0.4, -0.2) is 76.4 Å². The Morgan fingerprint density at radius 3 is 2.34 bits per heavy atom. The van der Waals surface area contributed by atoms with Gasteiger partial charge >= 0.3 is 0 Å². The number of aryl methyl sites for hydroxylation is 1. The predicted octanol–water partition coefficient (Wildman–Crippen LogP) is 2.53. The number of thioether (sulfide) groups is 1. The van der Waals surface area contributed by atoms with E-state index in [0.717, 1.165) is 38.5 Å². The van der Waals surface area contributed by atoms with E-state index in [1.165, 1.54) is 16.3 Å². The van der Waals surface area contributed by atoms with Gasteiger partial charge in [-0.2, -0.15) is 0 Å². The smallest absolute Gasteiger partial charge is 0.245 e. The van der Waals surface area contributed by atoms with Crippen molar-refractivity contribution in [2.45, 2.75) is 74.5 Å². The van der Waals surface area contributed by atoms with E-state index in [9.17, 15) is 9.59 Å². The maximum Gasteiger partial charge on any atom is 0.245 e. The van der Waals surface area contributed by atoms with Crippen LogP contribution in [0.3, 0.4) is 0 Å². The molecule has 0 aromatic heterocycles. The Balaban J connectivity index is 1.37. The van der Waals surface area contributed by atoms with Crippen molar-refractivity contribution >= 4 is 46.3 Å². The zero-order valence-corrected chi connectivity index (χ0v) is 24.6. The second kappa shape index (κ2) is 15.0. The zero-order chi connectivity index (χ0) is 29.2. The highest BCUT2D eigenvalue weighted by molar-refractivity contribution is 8.00. The Morgan fingerprint density at radius 1 is 0.854 bits per heavy atom. The summed E-state index contributed by atoms with van der Waals surface area (Å²) < 4.78 is 0. The van der Waals surface area contributed by atoms with Crippen LogP contribution in [0.1, 0.15) is 56.9 Å². The molecule has 0 spiro atoms. The van der Waals surface area contributed by atoms with Gasteiger partial charge in [0.15, 0.2) is 11.9 Å². The van der Waals surface area contributed by atoms with Gasteiger partial charge in [0.05, 0.1) is 11.9 Å². The minimum Gasteiger partial charge on any atom is -0.370 e. The molecule has 0 saturated carbocycles. The summed E-state index contributed by atoms with van der Waals surface area (Å²) in [7, 11) is 0. The monoisotopic (exact) mass is 580 g/mol. The molecule has 2 saturated heterocycles. The number of guanidine groups is 2. The SMILES string of the molecule is NC(N)=NCCCCC[C@H]1CC(=O)N2[C@H](CN(CCCc3ccc4ccccc4c3)C(=O)[C@@H]2CCCN=C(N)N)S1. The van der Waals surface area contributed by atoms with Gasteiger partial charge in [0.2, 0.25) is 11.8 Å². The normalized spacial score (nSPS) is 20.6. The molecule has 0 unspecified atom stereocenters. The van der Waals surface area contributed by atoms with E-state index in [4.69, 9.17) is 22.9 Å². The number of nitrogens with two attached hydrogens (primary N) is 4. The average Bonchev–Trinajstić information content (AvgIpc) is 2.94. The van der Waals surface area contributed by atoms with Gasteiger partial charge in [0, 0.05) is 31.3 Å². The summed E-state index contributed by atoms with van der Waals surface area (Å²) in [6.45, 7) is 2.31. The Kier molecular flexibility index (Phi) is 11.1. The van der Waals surface area contributed by atoms with Crippen LogP contribution in [0.5, 0.6) is 0 Å². The molecule has 2 fully saturated rings. The van der Waals surface area contributed by atoms with Crippen LogP contribution >= 0.6 is 11.8 Å². The van der Waals surface area contributed by atoms with Crippen molar-refractivity contribution in [2.24, 2.45) is 32.9 Å². The molecule has 0 aliphatic carbocycles. The van der Waals surface area contributed by atoms with Gasteiger partial charge in [-0.1, -0.05) is 55.3 Å². The Bertz CT molecular complexity index is 1240. The van der Waals surface area contributed by atoms with E-state index in [0.29, 0.717) is 45.4 Å². The summed E-state index contributed by atoms with van der Waals surface area (Å²) in [4.78, 5) is 39.0. The Labute approximate surface area is 247 Å². The topological polar surface area (TPSA) is 169 Å². The first-order valence-electron chi connectivity index (χ1n) is 14.7. The number of nitrogens with zero attached hydrogens (tertiary/aromatic N) is 4. The van der Waals surface area contributed by atoms with Crippen LogP contribution in [0.25, 0.3) is 10.8 Å². The number of unbranched alkanes of at least 4 members (excludes halogenated alkanes) is 2. The number of amides is 2. The first kappa shape index (κ1) is 30.5. The van der Waals surface area contributed by atoms with Crippen LogP contribution in [0, 0.1) is 0 Å². The number of benzene rings is 2. The molecule has 2 aliphatic heterocycles. The molecule has 11 heteroatoms. The summed E-state index contributed by atoms with van der Waals surface area (Å²) in [5, 5.41) is 2.68. The molecular formula is C30H44N8O2S. The third-order valence-corrected chi connectivity index (χ3v) is 9.25. The van der Waals surface area contributed by atoms with Crippen molar-refractivity contribution in [2.75, 3.05) is 26.2 Å². The van der Waals surface area contributed by atoms with Gasteiger partial charge in [0.25, 0.3) is 0 Å². The molecule has 0 bridgehead atoms. The predicted molar refractivity (Wildman–Crippen MR) is 168 cm³/mol. The number of fused-ring (bicyclic) bond motifs is 2. The molecule has 41 heavy (non-hydrogen) atoms. The lowest BCUT2D eigenvalue weighted by Gasteiger charge is -2.49. The zero-order valence-electron chi connectivity index (χ0n) is 23.8. The highest BCUT2D eigenvalue weighted by Crippen LogP contribution is 2.38. The van der Waals surface area contributed by atoms with Gasteiger partial charge < -0.3 is 32.7 Å². The van der Waals surface area contributed by atoms with Crippen molar-refractivity contribution in [3.05, 3.63) is 48.0 Å². The third-order valence-electron chi connectivity index (χ3n) is 7.78. The summed E-state index contributed by atoms with van der Waals surface area (Å²) in [6, 6.07) is 14.5. The minimum absolute atomic E-state index is 0.0330.